The molecular weight excluding hydrogens is 240 g/mol. The molecule has 0 aliphatic heterocycles. The molecule has 0 aromatic carbocycles. The van der Waals surface area contributed by atoms with E-state index in [9.17, 15) is 0 Å². The van der Waals surface area contributed by atoms with Crippen LogP contribution >= 0.6 is 11.6 Å². The summed E-state index contributed by atoms with van der Waals surface area (Å²) in [4.78, 5) is 12.0. The Kier molecular flexibility index (Phi) is 4.36. The maximum absolute atomic E-state index is 5.80. The zero-order valence-corrected chi connectivity index (χ0v) is 10.7. The molecule has 94 valence electrons. The van der Waals surface area contributed by atoms with E-state index in [-0.39, 0.29) is 11.3 Å². The van der Waals surface area contributed by atoms with Gasteiger partial charge in [0.1, 0.15) is 0 Å². The quantitative estimate of drug-likeness (QED) is 0.843. The van der Waals surface area contributed by atoms with E-state index in [2.05, 4.69) is 20.3 Å². The summed E-state index contributed by atoms with van der Waals surface area (Å²) in [5.41, 5.74) is 0. The van der Waals surface area contributed by atoms with Crippen molar-refractivity contribution in [2.45, 2.75) is 44.6 Å². The molecule has 0 amide bonds. The molecule has 0 spiro atoms. The Morgan fingerprint density at radius 3 is 2.47 bits per heavy atom. The lowest BCUT2D eigenvalue weighted by Gasteiger charge is -2.16. The van der Waals surface area contributed by atoms with Gasteiger partial charge in [-0.15, -0.1) is 0 Å². The van der Waals surface area contributed by atoms with Crippen molar-refractivity contribution in [3.05, 3.63) is 5.28 Å². The van der Waals surface area contributed by atoms with Crippen LogP contribution in [0.15, 0.2) is 0 Å². The summed E-state index contributed by atoms with van der Waals surface area (Å²) < 4.78 is 4.96. The first-order valence-corrected chi connectivity index (χ1v) is 6.38. The van der Waals surface area contributed by atoms with Crippen LogP contribution in [0, 0.1) is 0 Å². The fourth-order valence-corrected chi connectivity index (χ4v) is 2.25. The van der Waals surface area contributed by atoms with Crippen molar-refractivity contribution in [3.63, 3.8) is 0 Å². The van der Waals surface area contributed by atoms with Gasteiger partial charge in [-0.1, -0.05) is 25.7 Å². The maximum atomic E-state index is 5.80. The first-order valence-electron chi connectivity index (χ1n) is 6.00. The molecule has 6 heteroatoms. The van der Waals surface area contributed by atoms with Gasteiger partial charge in [0.15, 0.2) is 0 Å². The third kappa shape index (κ3) is 3.70. The largest absolute Gasteiger partial charge is 0.467 e. The van der Waals surface area contributed by atoms with Crippen LogP contribution in [-0.2, 0) is 0 Å². The average molecular weight is 257 g/mol. The van der Waals surface area contributed by atoms with E-state index >= 15 is 0 Å². The van der Waals surface area contributed by atoms with Crippen molar-refractivity contribution in [1.29, 1.82) is 0 Å². The van der Waals surface area contributed by atoms with Gasteiger partial charge in [-0.05, 0) is 24.4 Å². The van der Waals surface area contributed by atoms with Gasteiger partial charge in [-0.25, -0.2) is 0 Å². The SMILES string of the molecule is COc1nc(Cl)nc(NC2CCCCCC2)n1. The molecule has 1 saturated carbocycles. The molecule has 2 rings (SSSR count). The molecule has 1 aliphatic carbocycles. The van der Waals surface area contributed by atoms with Gasteiger partial charge in [-0.2, -0.15) is 15.0 Å². The molecule has 1 aromatic rings. The van der Waals surface area contributed by atoms with Gasteiger partial charge in [0.05, 0.1) is 7.11 Å². The summed E-state index contributed by atoms with van der Waals surface area (Å²) in [6.45, 7) is 0. The minimum atomic E-state index is 0.160. The highest BCUT2D eigenvalue weighted by Gasteiger charge is 2.14. The lowest BCUT2D eigenvalue weighted by atomic mass is 10.1. The van der Waals surface area contributed by atoms with E-state index in [1.54, 1.807) is 0 Å². The van der Waals surface area contributed by atoms with E-state index in [0.29, 0.717) is 12.0 Å². The Balaban J connectivity index is 2.03. The predicted molar refractivity (Wildman–Crippen MR) is 66.5 cm³/mol. The molecule has 1 fully saturated rings. The fraction of sp³-hybridized carbons (Fsp3) is 0.727. The Morgan fingerprint density at radius 2 is 1.82 bits per heavy atom. The molecular formula is C11H17ClN4O. The minimum Gasteiger partial charge on any atom is -0.467 e. The Labute approximate surface area is 106 Å². The summed E-state index contributed by atoms with van der Waals surface area (Å²) >= 11 is 5.80. The Hall–Kier alpha value is -1.10. The molecule has 1 aliphatic rings. The number of nitrogens with one attached hydrogen (secondary N) is 1. The smallest absolute Gasteiger partial charge is 0.322 e. The van der Waals surface area contributed by atoms with Crippen LogP contribution in [0.4, 0.5) is 5.95 Å². The number of halogens is 1. The molecule has 0 atom stereocenters. The molecule has 1 heterocycles. The van der Waals surface area contributed by atoms with Crippen molar-refractivity contribution in [2.75, 3.05) is 12.4 Å². The van der Waals surface area contributed by atoms with Crippen molar-refractivity contribution >= 4 is 17.5 Å². The number of hydrogen-bond acceptors (Lipinski definition) is 5. The number of ether oxygens (including phenoxy) is 1. The van der Waals surface area contributed by atoms with Gasteiger partial charge < -0.3 is 10.1 Å². The second-order valence-electron chi connectivity index (χ2n) is 4.25. The summed E-state index contributed by atoms with van der Waals surface area (Å²) in [5.74, 6) is 0.508. The molecule has 0 saturated heterocycles. The predicted octanol–water partition coefficient (Wildman–Crippen LogP) is 2.67. The lowest BCUT2D eigenvalue weighted by Crippen LogP contribution is -2.20. The van der Waals surface area contributed by atoms with Crippen LogP contribution < -0.4 is 10.1 Å². The first-order chi connectivity index (χ1) is 8.28. The molecule has 1 N–H and O–H groups in total. The highest BCUT2D eigenvalue weighted by atomic mass is 35.5. The van der Waals surface area contributed by atoms with Crippen LogP contribution in [0.25, 0.3) is 0 Å². The van der Waals surface area contributed by atoms with Crippen LogP contribution in [0.5, 0.6) is 6.01 Å². The number of methoxy groups -OCH3 is 1. The van der Waals surface area contributed by atoms with Crippen LogP contribution in [0.1, 0.15) is 38.5 Å². The average Bonchev–Trinajstić information content (AvgIpc) is 2.57. The van der Waals surface area contributed by atoms with E-state index in [0.717, 1.165) is 12.8 Å². The number of nitrogens with zero attached hydrogens (tertiary/aromatic N) is 3. The second-order valence-corrected chi connectivity index (χ2v) is 4.59. The monoisotopic (exact) mass is 256 g/mol. The van der Waals surface area contributed by atoms with Crippen LogP contribution in [-0.4, -0.2) is 28.1 Å². The van der Waals surface area contributed by atoms with Crippen molar-refractivity contribution in [2.24, 2.45) is 0 Å². The third-order valence-electron chi connectivity index (χ3n) is 2.96. The highest BCUT2D eigenvalue weighted by Crippen LogP contribution is 2.20. The standard InChI is InChI=1S/C11H17ClN4O/c1-17-11-15-9(12)14-10(16-11)13-8-6-4-2-3-5-7-8/h8H,2-7H2,1H3,(H,13,14,15,16). The van der Waals surface area contributed by atoms with Gasteiger partial charge in [0.25, 0.3) is 0 Å². The Bertz CT molecular complexity index is 366. The van der Waals surface area contributed by atoms with E-state index in [1.165, 1.54) is 32.8 Å². The van der Waals surface area contributed by atoms with Gasteiger partial charge in [-0.3, -0.25) is 0 Å². The Morgan fingerprint density at radius 1 is 1.12 bits per heavy atom. The number of aromatic nitrogens is 3. The van der Waals surface area contributed by atoms with E-state index in [4.69, 9.17) is 16.3 Å². The van der Waals surface area contributed by atoms with Crippen LogP contribution in [0.3, 0.4) is 0 Å². The van der Waals surface area contributed by atoms with E-state index in [1.807, 2.05) is 0 Å². The van der Waals surface area contributed by atoms with Gasteiger partial charge >= 0.3 is 6.01 Å². The molecule has 0 radical (unpaired) electrons. The zero-order chi connectivity index (χ0) is 12.1. The molecule has 0 bridgehead atoms. The van der Waals surface area contributed by atoms with Gasteiger partial charge in [0, 0.05) is 6.04 Å². The van der Waals surface area contributed by atoms with Crippen molar-refractivity contribution in [1.82, 2.24) is 15.0 Å². The van der Waals surface area contributed by atoms with Crippen LogP contribution in [0.2, 0.25) is 5.28 Å². The van der Waals surface area contributed by atoms with E-state index < -0.39 is 0 Å². The van der Waals surface area contributed by atoms with Gasteiger partial charge in [0.2, 0.25) is 11.2 Å². The first kappa shape index (κ1) is 12.4. The van der Waals surface area contributed by atoms with Crippen molar-refractivity contribution in [3.8, 4) is 6.01 Å². The number of anilines is 1. The number of hydrogen-bond donors (Lipinski definition) is 1. The molecule has 5 nitrogen and oxygen atoms in total. The summed E-state index contributed by atoms with van der Waals surface area (Å²) in [6, 6.07) is 0.682. The zero-order valence-electron chi connectivity index (χ0n) is 9.95. The van der Waals surface area contributed by atoms with Crippen molar-refractivity contribution < 1.29 is 4.74 Å². The molecule has 17 heavy (non-hydrogen) atoms. The molecule has 0 unspecified atom stereocenters. The summed E-state index contributed by atoms with van der Waals surface area (Å²) in [5, 5.41) is 3.47. The third-order valence-corrected chi connectivity index (χ3v) is 3.13. The maximum Gasteiger partial charge on any atom is 0.322 e. The topological polar surface area (TPSA) is 59.9 Å². The lowest BCUT2D eigenvalue weighted by molar-refractivity contribution is 0.378. The second kappa shape index (κ2) is 6.00. The normalized spacial score (nSPS) is 17.5. The summed E-state index contributed by atoms with van der Waals surface area (Å²) in [7, 11) is 1.51. The number of rotatable bonds is 3. The summed E-state index contributed by atoms with van der Waals surface area (Å²) in [6.07, 6.45) is 7.47. The highest BCUT2D eigenvalue weighted by molar-refractivity contribution is 6.28. The minimum absolute atomic E-state index is 0.160. The fourth-order valence-electron chi connectivity index (χ4n) is 2.09. The molecule has 1 aromatic heterocycles.